The maximum atomic E-state index is 12.7. The molecule has 0 atom stereocenters. The van der Waals surface area contributed by atoms with Crippen LogP contribution in [0.1, 0.15) is 232 Å². The molecule has 1 amide bonds. The highest BCUT2D eigenvalue weighted by Crippen LogP contribution is 2.16. The van der Waals surface area contributed by atoms with Gasteiger partial charge in [0.2, 0.25) is 5.91 Å². The summed E-state index contributed by atoms with van der Waals surface area (Å²) in [5.41, 5.74) is 0. The molecule has 4 heteroatoms. The minimum atomic E-state index is -0.872. The second-order valence-electron chi connectivity index (χ2n) is 13.9. The van der Waals surface area contributed by atoms with Gasteiger partial charge >= 0.3 is 5.97 Å². The van der Waals surface area contributed by atoms with Crippen molar-refractivity contribution in [1.82, 2.24) is 4.90 Å². The molecule has 0 aromatic carbocycles. The molecule has 0 heterocycles. The molecular formula is C40H79NO3. The Balaban J connectivity index is 3.75. The number of unbranched alkanes of at least 4 members (excludes halogenated alkanes) is 30. The quantitative estimate of drug-likeness (QED) is 0.0702. The molecular weight excluding hydrogens is 542 g/mol. The van der Waals surface area contributed by atoms with Crippen LogP contribution in [0.15, 0.2) is 0 Å². The average Bonchev–Trinajstić information content (AvgIpc) is 3.02. The number of amides is 1. The first kappa shape index (κ1) is 42.9. The van der Waals surface area contributed by atoms with Gasteiger partial charge in [-0.3, -0.25) is 9.59 Å². The smallest absolute Gasteiger partial charge is 0.303 e. The molecule has 262 valence electrons. The second-order valence-corrected chi connectivity index (χ2v) is 13.9. The summed E-state index contributed by atoms with van der Waals surface area (Å²) in [7, 11) is 0. The molecule has 1 N–H and O–H groups in total. The number of hydrogen-bond donors (Lipinski definition) is 1. The first-order chi connectivity index (χ1) is 21.6. The predicted octanol–water partition coefficient (Wildman–Crippen LogP) is 13.2. The van der Waals surface area contributed by atoms with Gasteiger partial charge in [0.05, 0.1) is 6.42 Å². The van der Waals surface area contributed by atoms with Crippen molar-refractivity contribution in [3.63, 3.8) is 0 Å². The molecule has 0 aliphatic carbocycles. The van der Waals surface area contributed by atoms with Crippen LogP contribution in [0.25, 0.3) is 0 Å². The Hall–Kier alpha value is -1.06. The molecule has 0 unspecified atom stereocenters. The summed E-state index contributed by atoms with van der Waals surface area (Å²) in [5.74, 6) is -0.836. The Bertz CT molecular complexity index is 557. The number of aliphatic carboxylic acids is 1. The summed E-state index contributed by atoms with van der Waals surface area (Å²) in [6.07, 6.45) is 43.3. The van der Waals surface area contributed by atoms with Crippen molar-refractivity contribution in [2.45, 2.75) is 232 Å². The number of nitrogens with zero attached hydrogens (tertiary/aromatic N) is 1. The number of hydrogen-bond acceptors (Lipinski definition) is 2. The molecule has 0 aromatic heterocycles. The Kier molecular flexibility index (Phi) is 35.5. The predicted molar refractivity (Wildman–Crippen MR) is 193 cm³/mol. The summed E-state index contributed by atoms with van der Waals surface area (Å²) in [4.78, 5) is 25.7. The zero-order valence-electron chi connectivity index (χ0n) is 30.2. The monoisotopic (exact) mass is 622 g/mol. The number of carbonyl (C=O) groups is 2. The fourth-order valence-corrected chi connectivity index (χ4v) is 6.43. The van der Waals surface area contributed by atoms with E-state index < -0.39 is 5.97 Å². The van der Waals surface area contributed by atoms with E-state index in [0.717, 1.165) is 25.9 Å². The van der Waals surface area contributed by atoms with Gasteiger partial charge in [-0.1, -0.05) is 206 Å². The molecule has 0 saturated carbocycles. The van der Waals surface area contributed by atoms with Crippen molar-refractivity contribution in [2.75, 3.05) is 13.1 Å². The average molecular weight is 622 g/mol. The van der Waals surface area contributed by atoms with Crippen molar-refractivity contribution in [1.29, 1.82) is 0 Å². The number of carboxylic acids is 1. The highest BCUT2D eigenvalue weighted by molar-refractivity contribution is 5.80. The minimum Gasteiger partial charge on any atom is -0.481 e. The van der Waals surface area contributed by atoms with Gasteiger partial charge in [0.1, 0.15) is 0 Å². The highest BCUT2D eigenvalue weighted by atomic mass is 16.4. The molecule has 0 bridgehead atoms. The highest BCUT2D eigenvalue weighted by Gasteiger charge is 2.14. The first-order valence-corrected chi connectivity index (χ1v) is 20.1. The molecule has 0 aromatic rings. The fourth-order valence-electron chi connectivity index (χ4n) is 6.43. The summed E-state index contributed by atoms with van der Waals surface area (Å²) in [6, 6.07) is 0. The van der Waals surface area contributed by atoms with E-state index >= 15 is 0 Å². The van der Waals surface area contributed by atoms with E-state index in [4.69, 9.17) is 5.11 Å². The van der Waals surface area contributed by atoms with Gasteiger partial charge in [-0.2, -0.15) is 0 Å². The van der Waals surface area contributed by atoms with Crippen LogP contribution in [0.3, 0.4) is 0 Å². The lowest BCUT2D eigenvalue weighted by Crippen LogP contribution is -2.33. The van der Waals surface area contributed by atoms with Gasteiger partial charge < -0.3 is 10.0 Å². The fraction of sp³-hybridized carbons (Fsp3) is 0.950. The normalized spacial score (nSPS) is 11.3. The van der Waals surface area contributed by atoms with Crippen molar-refractivity contribution in [3.05, 3.63) is 0 Å². The lowest BCUT2D eigenvalue weighted by molar-refractivity contribution is -0.141. The van der Waals surface area contributed by atoms with Crippen LogP contribution in [0.2, 0.25) is 0 Å². The number of rotatable bonds is 37. The number of carbonyl (C=O) groups excluding carboxylic acids is 1. The summed E-state index contributed by atoms with van der Waals surface area (Å²) >= 11 is 0. The van der Waals surface area contributed by atoms with E-state index in [1.165, 1.54) is 193 Å². The Morgan fingerprint density at radius 2 is 0.591 bits per heavy atom. The third kappa shape index (κ3) is 33.8. The van der Waals surface area contributed by atoms with Crippen LogP contribution in [-0.4, -0.2) is 35.0 Å². The lowest BCUT2D eigenvalue weighted by atomic mass is 10.0. The first-order valence-electron chi connectivity index (χ1n) is 20.1. The maximum Gasteiger partial charge on any atom is 0.303 e. The molecule has 0 rings (SSSR count). The summed E-state index contributed by atoms with van der Waals surface area (Å²) in [5, 5.41) is 9.02. The van der Waals surface area contributed by atoms with Crippen LogP contribution < -0.4 is 0 Å². The molecule has 0 aliphatic heterocycles. The SMILES string of the molecule is CCCCCCCCCCCCCCCCCCN(CCCCCCCCCCCCCCCCCC)C(=O)CCC(=O)O. The van der Waals surface area contributed by atoms with Gasteiger partial charge in [-0.25, -0.2) is 0 Å². The largest absolute Gasteiger partial charge is 0.481 e. The zero-order chi connectivity index (χ0) is 32.2. The Morgan fingerprint density at radius 3 is 0.818 bits per heavy atom. The zero-order valence-corrected chi connectivity index (χ0v) is 30.2. The Morgan fingerprint density at radius 1 is 0.364 bits per heavy atom. The molecule has 0 saturated heterocycles. The van der Waals surface area contributed by atoms with Gasteiger partial charge in [0.15, 0.2) is 0 Å². The van der Waals surface area contributed by atoms with Crippen LogP contribution in [0.4, 0.5) is 0 Å². The van der Waals surface area contributed by atoms with Gasteiger partial charge in [0.25, 0.3) is 0 Å². The van der Waals surface area contributed by atoms with Crippen LogP contribution in [-0.2, 0) is 9.59 Å². The van der Waals surface area contributed by atoms with Gasteiger partial charge in [-0.15, -0.1) is 0 Å². The van der Waals surface area contributed by atoms with Crippen molar-refractivity contribution < 1.29 is 14.7 Å². The van der Waals surface area contributed by atoms with E-state index in [-0.39, 0.29) is 18.7 Å². The van der Waals surface area contributed by atoms with E-state index in [0.29, 0.717) is 0 Å². The van der Waals surface area contributed by atoms with Crippen LogP contribution >= 0.6 is 0 Å². The molecule has 0 aliphatic rings. The summed E-state index contributed by atoms with van der Waals surface area (Å²) in [6.45, 7) is 6.17. The van der Waals surface area contributed by atoms with E-state index in [1.54, 1.807) is 0 Å². The molecule has 4 nitrogen and oxygen atoms in total. The van der Waals surface area contributed by atoms with Crippen molar-refractivity contribution in [3.8, 4) is 0 Å². The molecule has 44 heavy (non-hydrogen) atoms. The molecule has 0 spiro atoms. The lowest BCUT2D eigenvalue weighted by Gasteiger charge is -2.22. The van der Waals surface area contributed by atoms with E-state index in [1.807, 2.05) is 4.90 Å². The summed E-state index contributed by atoms with van der Waals surface area (Å²) < 4.78 is 0. The standard InChI is InChI=1S/C40H79NO3/c1-3-5-7-9-11-13-15-17-19-21-23-25-27-29-31-33-37-41(39(42)35-36-40(43)44)38-34-32-30-28-26-24-22-20-18-16-14-12-10-8-6-4-2/h3-38H2,1-2H3,(H,43,44). The van der Waals surface area contributed by atoms with Crippen LogP contribution in [0, 0.1) is 0 Å². The third-order valence-corrected chi connectivity index (χ3v) is 9.47. The second kappa shape index (κ2) is 36.4. The minimum absolute atomic E-state index is 0.0364. The van der Waals surface area contributed by atoms with Crippen LogP contribution in [0.5, 0.6) is 0 Å². The van der Waals surface area contributed by atoms with Crippen molar-refractivity contribution >= 4 is 11.9 Å². The topological polar surface area (TPSA) is 57.6 Å². The van der Waals surface area contributed by atoms with Gasteiger partial charge in [0, 0.05) is 19.5 Å². The Labute approximate surface area is 276 Å². The molecule has 0 fully saturated rings. The van der Waals surface area contributed by atoms with Crippen molar-refractivity contribution in [2.24, 2.45) is 0 Å². The number of carboxylic acid groups (broad SMARTS) is 1. The molecule has 0 radical (unpaired) electrons. The van der Waals surface area contributed by atoms with Gasteiger partial charge in [-0.05, 0) is 12.8 Å². The third-order valence-electron chi connectivity index (χ3n) is 9.47. The van der Waals surface area contributed by atoms with E-state index in [2.05, 4.69) is 13.8 Å². The van der Waals surface area contributed by atoms with E-state index in [9.17, 15) is 9.59 Å². The maximum absolute atomic E-state index is 12.7.